The summed E-state index contributed by atoms with van der Waals surface area (Å²) >= 11 is 0. The van der Waals surface area contributed by atoms with Gasteiger partial charge in [-0.05, 0) is 24.1 Å². The number of primary sulfonamides is 1. The van der Waals surface area contributed by atoms with Crippen molar-refractivity contribution in [2.24, 2.45) is 5.14 Å². The normalized spacial score (nSPS) is 17.8. The van der Waals surface area contributed by atoms with Crippen LogP contribution in [0.5, 0.6) is 0 Å². The highest BCUT2D eigenvalue weighted by Crippen LogP contribution is 2.25. The van der Waals surface area contributed by atoms with Crippen LogP contribution in [0.1, 0.15) is 23.6 Å². The summed E-state index contributed by atoms with van der Waals surface area (Å²) in [7, 11) is -3.68. The topological polar surface area (TPSA) is 133 Å². The molecular formula is C15H19N5O3S. The highest BCUT2D eigenvalue weighted by atomic mass is 32.2. The van der Waals surface area contributed by atoms with Crippen LogP contribution in [0.4, 0.5) is 11.8 Å². The Kier molecular flexibility index (Phi) is 4.65. The third-order valence-corrected chi connectivity index (χ3v) is 4.77. The average molecular weight is 349 g/mol. The van der Waals surface area contributed by atoms with E-state index < -0.39 is 10.0 Å². The largest absolute Gasteiger partial charge is 0.381 e. The first-order valence-corrected chi connectivity index (χ1v) is 9.04. The van der Waals surface area contributed by atoms with Gasteiger partial charge in [-0.25, -0.2) is 18.5 Å². The van der Waals surface area contributed by atoms with Crippen LogP contribution in [0.2, 0.25) is 0 Å². The van der Waals surface area contributed by atoms with Crippen LogP contribution in [0.3, 0.4) is 0 Å². The monoisotopic (exact) mass is 349 g/mol. The van der Waals surface area contributed by atoms with Crippen molar-refractivity contribution < 1.29 is 13.2 Å². The molecule has 128 valence electrons. The number of sulfonamides is 1. The van der Waals surface area contributed by atoms with Gasteiger partial charge < -0.3 is 15.8 Å². The Labute approximate surface area is 140 Å². The molecule has 0 saturated carbocycles. The highest BCUT2D eigenvalue weighted by molar-refractivity contribution is 7.89. The van der Waals surface area contributed by atoms with Crippen LogP contribution in [-0.4, -0.2) is 31.6 Å². The molecule has 1 aromatic carbocycles. The Morgan fingerprint density at radius 1 is 1.25 bits per heavy atom. The first-order chi connectivity index (χ1) is 11.4. The molecule has 1 fully saturated rings. The van der Waals surface area contributed by atoms with Crippen molar-refractivity contribution in [3.05, 3.63) is 41.6 Å². The molecule has 2 heterocycles. The van der Waals surface area contributed by atoms with E-state index in [0.717, 1.165) is 24.3 Å². The summed E-state index contributed by atoms with van der Waals surface area (Å²) in [5, 5.41) is 8.25. The highest BCUT2D eigenvalue weighted by Gasteiger charge is 2.20. The summed E-state index contributed by atoms with van der Waals surface area (Å²) in [5.41, 5.74) is 7.54. The lowest BCUT2D eigenvalue weighted by atomic mass is 10.0. The molecule has 0 spiro atoms. The lowest BCUT2D eigenvalue weighted by Crippen LogP contribution is -2.12. The van der Waals surface area contributed by atoms with E-state index in [1.807, 2.05) is 6.07 Å². The standard InChI is InChI=1S/C15H19N5O3S/c16-15-19-13(11-5-6-23-9-11)7-14(20-15)18-8-10-1-3-12(4-2-10)24(17,21)22/h1-4,7,11H,5-6,8-9H2,(H2,17,21,22)(H3,16,18,19,20)/t11-/m1/s1. The molecule has 0 bridgehead atoms. The number of nitrogens with zero attached hydrogens (tertiary/aromatic N) is 2. The van der Waals surface area contributed by atoms with Gasteiger partial charge in [-0.1, -0.05) is 12.1 Å². The van der Waals surface area contributed by atoms with Crippen LogP contribution in [0.25, 0.3) is 0 Å². The van der Waals surface area contributed by atoms with Gasteiger partial charge in [0.2, 0.25) is 16.0 Å². The fraction of sp³-hybridized carbons (Fsp3) is 0.333. The smallest absolute Gasteiger partial charge is 0.238 e. The first kappa shape index (κ1) is 16.6. The van der Waals surface area contributed by atoms with Crippen LogP contribution < -0.4 is 16.2 Å². The second-order valence-corrected chi connectivity index (χ2v) is 7.20. The van der Waals surface area contributed by atoms with Gasteiger partial charge in [-0.3, -0.25) is 0 Å². The Hall–Kier alpha value is -2.23. The number of aromatic nitrogens is 2. The van der Waals surface area contributed by atoms with Gasteiger partial charge in [0, 0.05) is 25.1 Å². The van der Waals surface area contributed by atoms with Crippen molar-refractivity contribution in [3.8, 4) is 0 Å². The van der Waals surface area contributed by atoms with E-state index in [-0.39, 0.29) is 16.8 Å². The maximum Gasteiger partial charge on any atom is 0.238 e. The summed E-state index contributed by atoms with van der Waals surface area (Å²) < 4.78 is 27.9. The second kappa shape index (κ2) is 6.71. The maximum absolute atomic E-state index is 11.2. The Bertz CT molecular complexity index is 818. The summed E-state index contributed by atoms with van der Waals surface area (Å²) in [6, 6.07) is 8.21. The molecule has 0 radical (unpaired) electrons. The minimum atomic E-state index is -3.68. The summed E-state index contributed by atoms with van der Waals surface area (Å²) in [6.45, 7) is 1.85. The summed E-state index contributed by atoms with van der Waals surface area (Å²) in [6.07, 6.45) is 0.922. The van der Waals surface area contributed by atoms with Gasteiger partial charge >= 0.3 is 0 Å². The molecule has 0 aliphatic carbocycles. The minimum Gasteiger partial charge on any atom is -0.381 e. The third-order valence-electron chi connectivity index (χ3n) is 3.84. The number of hydrogen-bond donors (Lipinski definition) is 3. The van der Waals surface area contributed by atoms with E-state index in [1.54, 1.807) is 12.1 Å². The van der Waals surface area contributed by atoms with Crippen molar-refractivity contribution in [1.29, 1.82) is 0 Å². The predicted molar refractivity (Wildman–Crippen MR) is 89.8 cm³/mol. The molecule has 8 nitrogen and oxygen atoms in total. The van der Waals surface area contributed by atoms with Gasteiger partial charge in [0.1, 0.15) is 5.82 Å². The van der Waals surface area contributed by atoms with Crippen molar-refractivity contribution in [2.45, 2.75) is 23.8 Å². The Morgan fingerprint density at radius 3 is 2.62 bits per heavy atom. The average Bonchev–Trinajstić information content (AvgIpc) is 3.06. The van der Waals surface area contributed by atoms with E-state index in [2.05, 4.69) is 15.3 Å². The maximum atomic E-state index is 11.2. The molecule has 1 atom stereocenters. The van der Waals surface area contributed by atoms with Crippen LogP contribution in [0, 0.1) is 0 Å². The predicted octanol–water partition coefficient (Wildman–Crippen LogP) is 0.822. The lowest BCUT2D eigenvalue weighted by molar-refractivity contribution is 0.193. The molecule has 1 saturated heterocycles. The van der Waals surface area contributed by atoms with E-state index in [1.165, 1.54) is 12.1 Å². The Morgan fingerprint density at radius 2 is 2.00 bits per heavy atom. The van der Waals surface area contributed by atoms with Crippen LogP contribution >= 0.6 is 0 Å². The van der Waals surface area contributed by atoms with Crippen molar-refractivity contribution in [2.75, 3.05) is 24.3 Å². The van der Waals surface area contributed by atoms with Gasteiger partial charge in [-0.2, -0.15) is 4.98 Å². The summed E-state index contributed by atoms with van der Waals surface area (Å²) in [5.74, 6) is 1.08. The van der Waals surface area contributed by atoms with E-state index >= 15 is 0 Å². The lowest BCUT2D eigenvalue weighted by Gasteiger charge is -2.11. The third kappa shape index (κ3) is 3.99. The number of nitrogens with two attached hydrogens (primary N) is 2. The van der Waals surface area contributed by atoms with E-state index in [4.69, 9.17) is 15.6 Å². The number of ether oxygens (including phenoxy) is 1. The van der Waals surface area contributed by atoms with Crippen molar-refractivity contribution in [3.63, 3.8) is 0 Å². The van der Waals surface area contributed by atoms with Gasteiger partial charge in [0.05, 0.1) is 17.2 Å². The fourth-order valence-electron chi connectivity index (χ4n) is 2.54. The zero-order valence-corrected chi connectivity index (χ0v) is 13.8. The van der Waals surface area contributed by atoms with Gasteiger partial charge in [0.15, 0.2) is 0 Å². The number of benzene rings is 1. The molecule has 1 aliphatic rings. The summed E-state index contributed by atoms with van der Waals surface area (Å²) in [4.78, 5) is 8.54. The number of nitrogen functional groups attached to an aromatic ring is 1. The molecule has 2 aromatic rings. The van der Waals surface area contributed by atoms with Gasteiger partial charge in [-0.15, -0.1) is 0 Å². The Balaban J connectivity index is 1.70. The quantitative estimate of drug-likeness (QED) is 0.727. The molecular weight excluding hydrogens is 330 g/mol. The van der Waals surface area contributed by atoms with E-state index in [9.17, 15) is 8.42 Å². The number of hydrogen-bond acceptors (Lipinski definition) is 7. The zero-order valence-electron chi connectivity index (χ0n) is 13.0. The number of rotatable bonds is 5. The van der Waals surface area contributed by atoms with Crippen LogP contribution in [0.15, 0.2) is 35.2 Å². The molecule has 1 aliphatic heterocycles. The zero-order chi connectivity index (χ0) is 17.2. The molecule has 0 amide bonds. The molecule has 0 unspecified atom stereocenters. The molecule has 5 N–H and O–H groups in total. The molecule has 1 aromatic heterocycles. The second-order valence-electron chi connectivity index (χ2n) is 5.64. The molecule has 9 heteroatoms. The SMILES string of the molecule is Nc1nc(NCc2ccc(S(N)(=O)=O)cc2)cc([C@@H]2CCOC2)n1. The van der Waals surface area contributed by atoms with Crippen molar-refractivity contribution in [1.82, 2.24) is 9.97 Å². The van der Waals surface area contributed by atoms with Gasteiger partial charge in [0.25, 0.3) is 0 Å². The van der Waals surface area contributed by atoms with Crippen LogP contribution in [-0.2, 0) is 21.3 Å². The molecule has 3 rings (SSSR count). The number of nitrogens with one attached hydrogen (secondary N) is 1. The minimum absolute atomic E-state index is 0.0843. The fourth-order valence-corrected chi connectivity index (χ4v) is 3.06. The van der Waals surface area contributed by atoms with E-state index in [0.29, 0.717) is 19.0 Å². The van der Waals surface area contributed by atoms with Crippen molar-refractivity contribution >= 4 is 21.8 Å². The number of anilines is 2. The first-order valence-electron chi connectivity index (χ1n) is 7.49. The molecule has 24 heavy (non-hydrogen) atoms.